The van der Waals surface area contributed by atoms with Gasteiger partial charge in [0.25, 0.3) is 5.69 Å². The number of para-hydroxylation sites is 1. The Morgan fingerprint density at radius 2 is 1.73 bits per heavy atom. The van der Waals surface area contributed by atoms with Gasteiger partial charge in [0.2, 0.25) is 5.91 Å². The molecule has 0 bridgehead atoms. The number of hydrogen-bond donors (Lipinski definition) is 0. The van der Waals surface area contributed by atoms with E-state index in [0.29, 0.717) is 44.7 Å². The molecule has 8 heteroatoms. The smallest absolute Gasteiger partial charge is 0.269 e. The highest BCUT2D eigenvalue weighted by molar-refractivity contribution is 5.83. The molecule has 0 N–H and O–H groups in total. The van der Waals surface area contributed by atoms with E-state index < -0.39 is 0 Å². The first kappa shape index (κ1) is 23.0. The third-order valence-electron chi connectivity index (χ3n) is 8.03. The van der Waals surface area contributed by atoms with Crippen LogP contribution in [0.15, 0.2) is 66.7 Å². The fourth-order valence-corrected chi connectivity index (χ4v) is 6.19. The summed E-state index contributed by atoms with van der Waals surface area (Å²) >= 11 is 0. The van der Waals surface area contributed by atoms with Crippen molar-refractivity contribution in [3.05, 3.63) is 99.1 Å². The van der Waals surface area contributed by atoms with Crippen LogP contribution in [0, 0.1) is 27.4 Å². The molecular weight excluding hydrogens is 466 g/mol. The number of nitrogens with zero attached hydrogens (tertiary/aromatic N) is 5. The van der Waals surface area contributed by atoms with Gasteiger partial charge in [0.15, 0.2) is 0 Å². The van der Waals surface area contributed by atoms with Gasteiger partial charge in [0, 0.05) is 50.5 Å². The van der Waals surface area contributed by atoms with Crippen molar-refractivity contribution in [2.24, 2.45) is 5.92 Å². The normalized spacial score (nSPS) is 20.4. The number of carbonyl (C=O) groups excluding carboxylic acids is 1. The lowest BCUT2D eigenvalue weighted by molar-refractivity contribution is -0.384. The molecule has 3 aliphatic rings. The largest absolute Gasteiger partial charge is 0.367 e. The molecule has 0 saturated carbocycles. The number of anilines is 2. The monoisotopic (exact) mass is 493 g/mol. The molecule has 0 radical (unpaired) electrons. The molecule has 0 spiro atoms. The molecule has 6 rings (SSSR count). The zero-order valence-corrected chi connectivity index (χ0v) is 20.4. The van der Waals surface area contributed by atoms with Gasteiger partial charge in [-0.15, -0.1) is 0 Å². The van der Waals surface area contributed by atoms with E-state index in [9.17, 15) is 20.2 Å². The van der Waals surface area contributed by atoms with Gasteiger partial charge in [-0.05, 0) is 47.7 Å². The van der Waals surface area contributed by atoms with E-state index in [-0.39, 0.29) is 28.5 Å². The van der Waals surface area contributed by atoms with Crippen molar-refractivity contribution < 1.29 is 9.72 Å². The molecule has 8 nitrogen and oxygen atoms in total. The van der Waals surface area contributed by atoms with Crippen LogP contribution in [0.4, 0.5) is 17.1 Å². The summed E-state index contributed by atoms with van der Waals surface area (Å²) in [5.41, 5.74) is 5.85. The van der Waals surface area contributed by atoms with Crippen LogP contribution >= 0.6 is 0 Å². The molecule has 1 fully saturated rings. The van der Waals surface area contributed by atoms with Crippen LogP contribution < -0.4 is 9.80 Å². The van der Waals surface area contributed by atoms with E-state index in [4.69, 9.17) is 0 Å². The molecule has 0 unspecified atom stereocenters. The SMILES string of the molecule is N#Cc1ccccc1N1CCN2c3ccc([N+](=O)[O-])cc3C[C@@H](C(=O)N3CCc4ccccc4C3)[C@@H]2C1. The number of piperazine rings is 1. The Hall–Kier alpha value is -4.38. The lowest BCUT2D eigenvalue weighted by atomic mass is 9.82. The van der Waals surface area contributed by atoms with Crippen LogP contribution in [-0.4, -0.2) is 48.0 Å². The fraction of sp³-hybridized carbons (Fsp3) is 0.310. The molecule has 1 saturated heterocycles. The van der Waals surface area contributed by atoms with E-state index >= 15 is 0 Å². The summed E-state index contributed by atoms with van der Waals surface area (Å²) in [6.07, 6.45) is 1.29. The summed E-state index contributed by atoms with van der Waals surface area (Å²) in [5, 5.41) is 21.2. The zero-order valence-electron chi connectivity index (χ0n) is 20.4. The average molecular weight is 494 g/mol. The van der Waals surface area contributed by atoms with Crippen molar-refractivity contribution >= 4 is 23.0 Å². The highest BCUT2D eigenvalue weighted by Crippen LogP contribution is 2.40. The maximum atomic E-state index is 14.1. The molecule has 3 aromatic carbocycles. The van der Waals surface area contributed by atoms with E-state index in [1.165, 1.54) is 11.1 Å². The van der Waals surface area contributed by atoms with Gasteiger partial charge < -0.3 is 14.7 Å². The van der Waals surface area contributed by atoms with Gasteiger partial charge in [-0.3, -0.25) is 14.9 Å². The summed E-state index contributed by atoms with van der Waals surface area (Å²) in [5.74, 6) is -0.242. The number of rotatable bonds is 3. The van der Waals surface area contributed by atoms with Gasteiger partial charge in [0.05, 0.1) is 28.1 Å². The van der Waals surface area contributed by atoms with Gasteiger partial charge in [0.1, 0.15) is 6.07 Å². The Labute approximate surface area is 215 Å². The lowest BCUT2D eigenvalue weighted by Gasteiger charge is -2.50. The third kappa shape index (κ3) is 4.06. The number of nitro groups is 1. The molecule has 0 aromatic heterocycles. The number of nitriles is 1. The summed E-state index contributed by atoms with van der Waals surface area (Å²) in [4.78, 5) is 31.6. The average Bonchev–Trinajstić information content (AvgIpc) is 2.95. The van der Waals surface area contributed by atoms with Crippen LogP contribution in [-0.2, 0) is 24.2 Å². The second-order valence-corrected chi connectivity index (χ2v) is 9.99. The number of fused-ring (bicyclic) bond motifs is 4. The number of benzene rings is 3. The second-order valence-electron chi connectivity index (χ2n) is 9.99. The van der Waals surface area contributed by atoms with Crippen LogP contribution in [0.5, 0.6) is 0 Å². The minimum atomic E-state index is -0.373. The molecule has 3 aliphatic heterocycles. The Kier molecular flexibility index (Phi) is 5.76. The Bertz CT molecular complexity index is 1430. The first-order chi connectivity index (χ1) is 18.0. The molecule has 3 aromatic rings. The first-order valence-corrected chi connectivity index (χ1v) is 12.7. The van der Waals surface area contributed by atoms with Crippen molar-refractivity contribution in [2.45, 2.75) is 25.4 Å². The Balaban J connectivity index is 1.35. The summed E-state index contributed by atoms with van der Waals surface area (Å²) in [6.45, 7) is 3.23. The zero-order chi connectivity index (χ0) is 25.5. The Morgan fingerprint density at radius 3 is 2.54 bits per heavy atom. The number of carbonyl (C=O) groups is 1. The van der Waals surface area contributed by atoms with E-state index in [2.05, 4.69) is 28.0 Å². The van der Waals surface area contributed by atoms with Crippen molar-refractivity contribution in [3.8, 4) is 6.07 Å². The summed E-state index contributed by atoms with van der Waals surface area (Å²) in [6, 6.07) is 23.1. The highest BCUT2D eigenvalue weighted by atomic mass is 16.6. The van der Waals surface area contributed by atoms with Gasteiger partial charge in [-0.2, -0.15) is 5.26 Å². The van der Waals surface area contributed by atoms with Gasteiger partial charge in [-0.1, -0.05) is 36.4 Å². The van der Waals surface area contributed by atoms with Crippen LogP contribution in [0.25, 0.3) is 0 Å². The van der Waals surface area contributed by atoms with Crippen molar-refractivity contribution in [2.75, 3.05) is 36.0 Å². The quantitative estimate of drug-likeness (QED) is 0.406. The van der Waals surface area contributed by atoms with Crippen LogP contribution in [0.1, 0.15) is 22.3 Å². The number of hydrogen-bond acceptors (Lipinski definition) is 6. The van der Waals surface area contributed by atoms with Gasteiger partial charge in [-0.25, -0.2) is 0 Å². The maximum Gasteiger partial charge on any atom is 0.269 e. The summed E-state index contributed by atoms with van der Waals surface area (Å²) in [7, 11) is 0. The molecule has 37 heavy (non-hydrogen) atoms. The Morgan fingerprint density at radius 1 is 0.946 bits per heavy atom. The van der Waals surface area contributed by atoms with Crippen molar-refractivity contribution in [1.29, 1.82) is 5.26 Å². The van der Waals surface area contributed by atoms with Crippen molar-refractivity contribution in [1.82, 2.24) is 4.90 Å². The predicted octanol–water partition coefficient (Wildman–Crippen LogP) is 3.92. The lowest BCUT2D eigenvalue weighted by Crippen LogP contribution is -2.61. The maximum absolute atomic E-state index is 14.1. The molecule has 0 aliphatic carbocycles. The molecule has 2 atom stereocenters. The number of amides is 1. The topological polar surface area (TPSA) is 93.7 Å². The fourth-order valence-electron chi connectivity index (χ4n) is 6.19. The summed E-state index contributed by atoms with van der Waals surface area (Å²) < 4.78 is 0. The highest BCUT2D eigenvalue weighted by Gasteiger charge is 2.44. The minimum absolute atomic E-state index is 0.0527. The molecular formula is C29H27N5O3. The molecule has 1 amide bonds. The van der Waals surface area contributed by atoms with E-state index in [0.717, 1.165) is 23.4 Å². The van der Waals surface area contributed by atoms with Gasteiger partial charge >= 0.3 is 0 Å². The minimum Gasteiger partial charge on any atom is -0.367 e. The molecule has 186 valence electrons. The second kappa shape index (κ2) is 9.25. The number of non-ortho nitro benzene ring substituents is 1. The van der Waals surface area contributed by atoms with Crippen LogP contribution in [0.2, 0.25) is 0 Å². The van der Waals surface area contributed by atoms with E-state index in [1.807, 2.05) is 47.4 Å². The predicted molar refractivity (Wildman–Crippen MR) is 140 cm³/mol. The van der Waals surface area contributed by atoms with Crippen LogP contribution in [0.3, 0.4) is 0 Å². The number of nitro benzene ring substituents is 1. The standard InChI is InChI=1S/C29H27N5O3/c30-17-21-6-3-4-8-26(21)31-13-14-33-27-10-9-24(34(36)37)15-23(27)16-25(28(33)19-31)29(35)32-12-11-20-5-1-2-7-22(20)18-32/h1-10,15,25,28H,11-14,16,18-19H2/t25-,28+/m1/s1. The van der Waals surface area contributed by atoms with Crippen molar-refractivity contribution in [3.63, 3.8) is 0 Å². The molecule has 3 heterocycles. The third-order valence-corrected chi connectivity index (χ3v) is 8.03. The first-order valence-electron chi connectivity index (χ1n) is 12.7. The van der Waals surface area contributed by atoms with E-state index in [1.54, 1.807) is 12.1 Å².